The van der Waals surface area contributed by atoms with Crippen molar-refractivity contribution in [1.82, 2.24) is 4.98 Å². The SMILES string of the molecule is CC[C@H](N)c1ccc(N(C)CC2CCOCC2)cn1. The zero-order valence-electron chi connectivity index (χ0n) is 12.0. The third-order valence-corrected chi connectivity index (χ3v) is 3.90. The largest absolute Gasteiger partial charge is 0.381 e. The lowest BCUT2D eigenvalue weighted by molar-refractivity contribution is 0.0685. The van der Waals surface area contributed by atoms with Crippen molar-refractivity contribution in [3.8, 4) is 0 Å². The van der Waals surface area contributed by atoms with Gasteiger partial charge in [0.15, 0.2) is 0 Å². The molecule has 2 rings (SSSR count). The van der Waals surface area contributed by atoms with E-state index in [1.54, 1.807) is 0 Å². The molecule has 0 saturated carbocycles. The first-order valence-electron chi connectivity index (χ1n) is 7.21. The molecule has 106 valence electrons. The quantitative estimate of drug-likeness (QED) is 0.886. The fourth-order valence-corrected chi connectivity index (χ4v) is 2.47. The summed E-state index contributed by atoms with van der Waals surface area (Å²) in [5.74, 6) is 0.733. The molecule has 0 aromatic carbocycles. The highest BCUT2D eigenvalue weighted by Crippen LogP contribution is 2.20. The number of nitrogens with two attached hydrogens (primary N) is 1. The normalized spacial score (nSPS) is 18.3. The number of rotatable bonds is 5. The molecule has 0 amide bonds. The smallest absolute Gasteiger partial charge is 0.0572 e. The van der Waals surface area contributed by atoms with Crippen LogP contribution in [-0.2, 0) is 4.74 Å². The van der Waals surface area contributed by atoms with Crippen LogP contribution in [-0.4, -0.2) is 31.8 Å². The van der Waals surface area contributed by atoms with Gasteiger partial charge >= 0.3 is 0 Å². The van der Waals surface area contributed by atoms with Crippen molar-refractivity contribution in [1.29, 1.82) is 0 Å². The van der Waals surface area contributed by atoms with E-state index in [-0.39, 0.29) is 6.04 Å². The topological polar surface area (TPSA) is 51.4 Å². The first kappa shape index (κ1) is 14.3. The van der Waals surface area contributed by atoms with Gasteiger partial charge in [-0.3, -0.25) is 4.98 Å². The molecule has 0 spiro atoms. The molecular weight excluding hydrogens is 238 g/mol. The van der Waals surface area contributed by atoms with E-state index in [1.165, 1.54) is 5.69 Å². The van der Waals surface area contributed by atoms with Crippen molar-refractivity contribution >= 4 is 5.69 Å². The van der Waals surface area contributed by atoms with Crippen LogP contribution in [0.1, 0.15) is 37.9 Å². The summed E-state index contributed by atoms with van der Waals surface area (Å²) >= 11 is 0. The summed E-state index contributed by atoms with van der Waals surface area (Å²) in [5, 5.41) is 0. The number of nitrogens with zero attached hydrogens (tertiary/aromatic N) is 2. The lowest BCUT2D eigenvalue weighted by Gasteiger charge is -2.28. The van der Waals surface area contributed by atoms with Crippen molar-refractivity contribution in [3.63, 3.8) is 0 Å². The van der Waals surface area contributed by atoms with Gasteiger partial charge in [-0.15, -0.1) is 0 Å². The number of hydrogen-bond acceptors (Lipinski definition) is 4. The van der Waals surface area contributed by atoms with E-state index >= 15 is 0 Å². The van der Waals surface area contributed by atoms with Gasteiger partial charge in [0.05, 0.1) is 17.6 Å². The van der Waals surface area contributed by atoms with Crippen molar-refractivity contribution in [3.05, 3.63) is 24.0 Å². The number of hydrogen-bond donors (Lipinski definition) is 1. The highest BCUT2D eigenvalue weighted by Gasteiger charge is 2.16. The van der Waals surface area contributed by atoms with Gasteiger partial charge in [-0.1, -0.05) is 6.92 Å². The minimum atomic E-state index is 0.0508. The van der Waals surface area contributed by atoms with Crippen LogP contribution in [0.15, 0.2) is 18.3 Å². The van der Waals surface area contributed by atoms with Gasteiger partial charge in [0.1, 0.15) is 0 Å². The summed E-state index contributed by atoms with van der Waals surface area (Å²) in [5.41, 5.74) is 8.12. The summed E-state index contributed by atoms with van der Waals surface area (Å²) in [7, 11) is 2.13. The van der Waals surface area contributed by atoms with Gasteiger partial charge in [0.2, 0.25) is 0 Å². The van der Waals surface area contributed by atoms with Crippen LogP contribution in [0.4, 0.5) is 5.69 Å². The predicted octanol–water partition coefficient (Wildman–Crippen LogP) is 2.35. The molecule has 2 N–H and O–H groups in total. The van der Waals surface area contributed by atoms with Gasteiger partial charge in [0.25, 0.3) is 0 Å². The van der Waals surface area contributed by atoms with E-state index < -0.39 is 0 Å². The number of aromatic nitrogens is 1. The van der Waals surface area contributed by atoms with Crippen LogP contribution >= 0.6 is 0 Å². The van der Waals surface area contributed by atoms with Crippen LogP contribution in [0, 0.1) is 5.92 Å². The van der Waals surface area contributed by atoms with Crippen LogP contribution in [0.3, 0.4) is 0 Å². The highest BCUT2D eigenvalue weighted by atomic mass is 16.5. The van der Waals surface area contributed by atoms with E-state index in [0.717, 1.165) is 50.6 Å². The first-order chi connectivity index (χ1) is 9.20. The van der Waals surface area contributed by atoms with Gasteiger partial charge < -0.3 is 15.4 Å². The molecule has 1 atom stereocenters. The third kappa shape index (κ3) is 3.91. The van der Waals surface area contributed by atoms with Crippen molar-refractivity contribution in [2.75, 3.05) is 31.7 Å². The second-order valence-corrected chi connectivity index (χ2v) is 5.39. The molecule has 0 unspecified atom stereocenters. The molecule has 4 heteroatoms. The average molecular weight is 263 g/mol. The maximum absolute atomic E-state index is 5.98. The molecule has 1 aliphatic heterocycles. The lowest BCUT2D eigenvalue weighted by Crippen LogP contribution is -2.29. The Bertz CT molecular complexity index is 373. The van der Waals surface area contributed by atoms with Crippen molar-refractivity contribution in [2.45, 2.75) is 32.2 Å². The van der Waals surface area contributed by atoms with E-state index in [4.69, 9.17) is 10.5 Å². The van der Waals surface area contributed by atoms with E-state index in [9.17, 15) is 0 Å². The fourth-order valence-electron chi connectivity index (χ4n) is 2.47. The first-order valence-corrected chi connectivity index (χ1v) is 7.21. The summed E-state index contributed by atoms with van der Waals surface area (Å²) in [6.45, 7) is 4.96. The highest BCUT2D eigenvalue weighted by molar-refractivity contribution is 5.43. The Hall–Kier alpha value is -1.13. The van der Waals surface area contributed by atoms with Gasteiger partial charge in [-0.2, -0.15) is 0 Å². The fraction of sp³-hybridized carbons (Fsp3) is 0.667. The van der Waals surface area contributed by atoms with E-state index in [0.29, 0.717) is 0 Å². The Labute approximate surface area is 116 Å². The standard InChI is InChI=1S/C15H25N3O/c1-3-14(16)15-5-4-13(10-17-15)18(2)11-12-6-8-19-9-7-12/h4-5,10,12,14H,3,6-9,11,16H2,1-2H3/t14-/m0/s1. The van der Waals surface area contributed by atoms with Gasteiger partial charge in [-0.05, 0) is 37.3 Å². The molecule has 1 aromatic rings. The predicted molar refractivity (Wildman–Crippen MR) is 78.3 cm³/mol. The maximum atomic E-state index is 5.98. The molecule has 0 aliphatic carbocycles. The third-order valence-electron chi connectivity index (χ3n) is 3.90. The second kappa shape index (κ2) is 6.87. The summed E-state index contributed by atoms with van der Waals surface area (Å²) in [6.07, 6.45) is 5.18. The molecule has 1 saturated heterocycles. The molecule has 1 aromatic heterocycles. The van der Waals surface area contributed by atoms with Crippen LogP contribution in [0.2, 0.25) is 0 Å². The number of ether oxygens (including phenoxy) is 1. The molecule has 1 aliphatic rings. The van der Waals surface area contributed by atoms with E-state index in [2.05, 4.69) is 29.9 Å². The molecule has 2 heterocycles. The van der Waals surface area contributed by atoms with Crippen LogP contribution in [0.5, 0.6) is 0 Å². The van der Waals surface area contributed by atoms with Crippen molar-refractivity contribution in [2.24, 2.45) is 11.7 Å². The molecule has 1 fully saturated rings. The summed E-state index contributed by atoms with van der Waals surface area (Å²) in [6, 6.07) is 4.22. The zero-order valence-corrected chi connectivity index (χ0v) is 12.0. The van der Waals surface area contributed by atoms with Gasteiger partial charge in [0, 0.05) is 32.8 Å². The van der Waals surface area contributed by atoms with E-state index in [1.807, 2.05) is 12.3 Å². The average Bonchev–Trinajstić information content (AvgIpc) is 2.47. The second-order valence-electron chi connectivity index (χ2n) is 5.39. The molecule has 19 heavy (non-hydrogen) atoms. The summed E-state index contributed by atoms with van der Waals surface area (Å²) in [4.78, 5) is 6.75. The minimum Gasteiger partial charge on any atom is -0.381 e. The number of anilines is 1. The molecule has 4 nitrogen and oxygen atoms in total. The molecular formula is C15H25N3O. The molecule has 0 radical (unpaired) electrons. The number of pyridine rings is 1. The van der Waals surface area contributed by atoms with Gasteiger partial charge in [-0.25, -0.2) is 0 Å². The monoisotopic (exact) mass is 263 g/mol. The summed E-state index contributed by atoms with van der Waals surface area (Å²) < 4.78 is 5.40. The zero-order chi connectivity index (χ0) is 13.7. The van der Waals surface area contributed by atoms with Crippen LogP contribution in [0.25, 0.3) is 0 Å². The maximum Gasteiger partial charge on any atom is 0.0572 e. The minimum absolute atomic E-state index is 0.0508. The Morgan fingerprint density at radius 2 is 2.16 bits per heavy atom. The lowest BCUT2D eigenvalue weighted by atomic mass is 10.00. The Balaban J connectivity index is 1.93. The Kier molecular flexibility index (Phi) is 5.16. The van der Waals surface area contributed by atoms with Crippen molar-refractivity contribution < 1.29 is 4.74 Å². The molecule has 0 bridgehead atoms. The Morgan fingerprint density at radius 3 is 2.74 bits per heavy atom. The van der Waals surface area contributed by atoms with Crippen LogP contribution < -0.4 is 10.6 Å². The Morgan fingerprint density at radius 1 is 1.42 bits per heavy atom.